The van der Waals surface area contributed by atoms with Crippen molar-refractivity contribution in [1.82, 2.24) is 0 Å². The summed E-state index contributed by atoms with van der Waals surface area (Å²) in [4.78, 5) is 0. The molecule has 5 heteroatoms. The number of nitrogens with two attached hydrogens (primary N) is 1. The minimum Gasteiger partial charge on any atom is -0.409 e. The summed E-state index contributed by atoms with van der Waals surface area (Å²) < 4.78 is 0. The maximum atomic E-state index is 8.54. The van der Waals surface area contributed by atoms with Gasteiger partial charge in [0.1, 0.15) is 0 Å². The number of amidine groups is 1. The van der Waals surface area contributed by atoms with Crippen LogP contribution in [0.2, 0.25) is 0 Å². The summed E-state index contributed by atoms with van der Waals surface area (Å²) in [5.41, 5.74) is 5.58. The third-order valence-corrected chi connectivity index (χ3v) is 5.13. The number of oxime groups is 1. The average Bonchev–Trinajstić information content (AvgIpc) is 2.16. The van der Waals surface area contributed by atoms with Gasteiger partial charge in [-0.2, -0.15) is 11.8 Å². The van der Waals surface area contributed by atoms with E-state index in [2.05, 4.69) is 12.1 Å². The number of hydrogen-bond acceptors (Lipinski definition) is 4. The lowest BCUT2D eigenvalue weighted by Crippen LogP contribution is -2.37. The largest absolute Gasteiger partial charge is 0.409 e. The maximum Gasteiger partial charge on any atom is 0.153 e. The van der Waals surface area contributed by atoms with Crippen molar-refractivity contribution in [1.29, 1.82) is 0 Å². The Bertz CT molecular complexity index is 175. The number of hydrogen-bond donors (Lipinski definition) is 2. The van der Waals surface area contributed by atoms with Crippen molar-refractivity contribution < 1.29 is 5.21 Å². The van der Waals surface area contributed by atoms with Gasteiger partial charge in [-0.1, -0.05) is 12.1 Å². The lowest BCUT2D eigenvalue weighted by atomic mass is 10.2. The van der Waals surface area contributed by atoms with E-state index in [-0.39, 0.29) is 5.25 Å². The van der Waals surface area contributed by atoms with E-state index in [9.17, 15) is 0 Å². The van der Waals surface area contributed by atoms with Crippen molar-refractivity contribution in [3.63, 3.8) is 0 Å². The Morgan fingerprint density at radius 2 is 2.25 bits per heavy atom. The normalized spacial score (nSPS) is 31.9. The Hall–Kier alpha value is -0.0300. The summed E-state index contributed by atoms with van der Waals surface area (Å²) in [7, 11) is 0. The van der Waals surface area contributed by atoms with Gasteiger partial charge < -0.3 is 10.9 Å². The van der Waals surface area contributed by atoms with Crippen molar-refractivity contribution in [2.75, 3.05) is 11.5 Å². The molecule has 0 aromatic carbocycles. The highest BCUT2D eigenvalue weighted by Crippen LogP contribution is 2.33. The second-order valence-electron chi connectivity index (χ2n) is 2.63. The number of thioether (sulfide) groups is 2. The van der Waals surface area contributed by atoms with Gasteiger partial charge in [-0.15, -0.1) is 11.8 Å². The van der Waals surface area contributed by atoms with Crippen molar-refractivity contribution in [2.24, 2.45) is 10.9 Å². The summed E-state index contributed by atoms with van der Waals surface area (Å²) in [6, 6.07) is 0. The molecule has 1 aliphatic heterocycles. The van der Waals surface area contributed by atoms with E-state index in [1.165, 1.54) is 5.75 Å². The maximum absolute atomic E-state index is 8.54. The Morgan fingerprint density at radius 1 is 1.58 bits per heavy atom. The quantitative estimate of drug-likeness (QED) is 0.310. The highest BCUT2D eigenvalue weighted by atomic mass is 32.2. The molecule has 2 atom stereocenters. The molecule has 0 spiro atoms. The van der Waals surface area contributed by atoms with E-state index >= 15 is 0 Å². The molecule has 0 aromatic heterocycles. The predicted octanol–water partition coefficient (Wildman–Crippen LogP) is 1.36. The van der Waals surface area contributed by atoms with Crippen LogP contribution < -0.4 is 5.73 Å². The van der Waals surface area contributed by atoms with Crippen molar-refractivity contribution in [3.8, 4) is 0 Å². The third kappa shape index (κ3) is 2.23. The van der Waals surface area contributed by atoms with Crippen LogP contribution in [0.4, 0.5) is 0 Å². The fraction of sp³-hybridized carbons (Fsp3) is 0.857. The van der Waals surface area contributed by atoms with E-state index in [0.29, 0.717) is 11.1 Å². The van der Waals surface area contributed by atoms with Gasteiger partial charge in [0.15, 0.2) is 5.84 Å². The van der Waals surface area contributed by atoms with E-state index in [0.717, 1.165) is 12.2 Å². The summed E-state index contributed by atoms with van der Waals surface area (Å²) in [6.07, 6.45) is 1.08. The molecule has 1 fully saturated rings. The number of nitrogens with zero attached hydrogens (tertiary/aromatic N) is 1. The fourth-order valence-corrected chi connectivity index (χ4v) is 4.21. The Balaban J connectivity index is 2.58. The highest BCUT2D eigenvalue weighted by molar-refractivity contribution is 8.07. The molecule has 1 saturated heterocycles. The summed E-state index contributed by atoms with van der Waals surface area (Å²) in [5.74, 6) is 2.65. The monoisotopic (exact) mass is 206 g/mol. The van der Waals surface area contributed by atoms with E-state index in [4.69, 9.17) is 10.9 Å². The molecule has 12 heavy (non-hydrogen) atoms. The number of rotatable bonds is 2. The van der Waals surface area contributed by atoms with Crippen LogP contribution in [0.3, 0.4) is 0 Å². The first-order valence-electron chi connectivity index (χ1n) is 4.00. The van der Waals surface area contributed by atoms with Gasteiger partial charge in [0.2, 0.25) is 0 Å². The first kappa shape index (κ1) is 10.1. The van der Waals surface area contributed by atoms with Gasteiger partial charge in [0.25, 0.3) is 0 Å². The van der Waals surface area contributed by atoms with Gasteiger partial charge in [0, 0.05) is 16.8 Å². The molecule has 0 radical (unpaired) electrons. The molecule has 3 nitrogen and oxygen atoms in total. The molecule has 3 N–H and O–H groups in total. The van der Waals surface area contributed by atoms with Crippen molar-refractivity contribution in [3.05, 3.63) is 0 Å². The molecule has 2 unspecified atom stereocenters. The SMILES string of the molecule is CCC1SCCSC1/C(N)=N/O. The van der Waals surface area contributed by atoms with Gasteiger partial charge in [-0.05, 0) is 6.42 Å². The van der Waals surface area contributed by atoms with E-state index in [1.807, 2.05) is 11.8 Å². The van der Waals surface area contributed by atoms with Crippen LogP contribution >= 0.6 is 23.5 Å². The minimum absolute atomic E-state index is 0.207. The van der Waals surface area contributed by atoms with Crippen molar-refractivity contribution >= 4 is 29.4 Å². The van der Waals surface area contributed by atoms with E-state index in [1.54, 1.807) is 11.8 Å². The third-order valence-electron chi connectivity index (χ3n) is 1.86. The molecule has 0 bridgehead atoms. The van der Waals surface area contributed by atoms with Crippen LogP contribution in [0.1, 0.15) is 13.3 Å². The molecule has 70 valence electrons. The van der Waals surface area contributed by atoms with Crippen LogP contribution in [0.15, 0.2) is 5.16 Å². The Kier molecular flexibility index (Phi) is 4.08. The lowest BCUT2D eigenvalue weighted by molar-refractivity contribution is 0.317. The molecular weight excluding hydrogens is 192 g/mol. The first-order valence-corrected chi connectivity index (χ1v) is 6.10. The Labute approximate surface area is 81.2 Å². The average molecular weight is 206 g/mol. The van der Waals surface area contributed by atoms with Gasteiger partial charge in [0.05, 0.1) is 5.25 Å². The topological polar surface area (TPSA) is 58.6 Å². The van der Waals surface area contributed by atoms with E-state index < -0.39 is 0 Å². The zero-order chi connectivity index (χ0) is 8.97. The van der Waals surface area contributed by atoms with Crippen LogP contribution in [0.5, 0.6) is 0 Å². The second kappa shape index (κ2) is 4.87. The molecule has 1 aliphatic rings. The molecular formula is C7H14N2OS2. The van der Waals surface area contributed by atoms with Crippen LogP contribution in [0.25, 0.3) is 0 Å². The molecule has 0 aliphatic carbocycles. The smallest absolute Gasteiger partial charge is 0.153 e. The van der Waals surface area contributed by atoms with Gasteiger partial charge in [-0.3, -0.25) is 0 Å². The lowest BCUT2D eigenvalue weighted by Gasteiger charge is -2.28. The summed E-state index contributed by atoms with van der Waals surface area (Å²) >= 11 is 3.71. The fourth-order valence-electron chi connectivity index (χ4n) is 1.23. The molecule has 1 rings (SSSR count). The van der Waals surface area contributed by atoms with Gasteiger partial charge in [-0.25, -0.2) is 0 Å². The minimum atomic E-state index is 0.207. The second-order valence-corrected chi connectivity index (χ2v) is 5.23. The van der Waals surface area contributed by atoms with Crippen LogP contribution in [-0.4, -0.2) is 33.0 Å². The van der Waals surface area contributed by atoms with Crippen LogP contribution in [0, 0.1) is 0 Å². The van der Waals surface area contributed by atoms with Crippen LogP contribution in [-0.2, 0) is 0 Å². The standard InChI is InChI=1S/C7H14N2OS2/c1-2-5-6(7(8)9-10)12-4-3-11-5/h5-6,10H,2-4H2,1H3,(H2,8,9). The molecule has 0 amide bonds. The molecule has 1 heterocycles. The first-order chi connectivity index (χ1) is 5.79. The zero-order valence-corrected chi connectivity index (χ0v) is 8.70. The predicted molar refractivity (Wildman–Crippen MR) is 56.2 cm³/mol. The Morgan fingerprint density at radius 3 is 2.83 bits per heavy atom. The molecule has 0 aromatic rings. The zero-order valence-electron chi connectivity index (χ0n) is 7.06. The summed E-state index contributed by atoms with van der Waals surface area (Å²) in [5, 5.41) is 12.3. The molecule has 0 saturated carbocycles. The highest BCUT2D eigenvalue weighted by Gasteiger charge is 2.28. The summed E-state index contributed by atoms with van der Waals surface area (Å²) in [6.45, 7) is 2.14. The van der Waals surface area contributed by atoms with Gasteiger partial charge >= 0.3 is 0 Å². The van der Waals surface area contributed by atoms with Crippen molar-refractivity contribution in [2.45, 2.75) is 23.8 Å².